The van der Waals surface area contributed by atoms with Crippen LogP contribution in [-0.4, -0.2) is 26.7 Å². The number of hydrogen-bond acceptors (Lipinski definition) is 3. The molecule has 0 aliphatic rings. The van der Waals surface area contributed by atoms with Gasteiger partial charge in [0, 0.05) is 0 Å². The van der Waals surface area contributed by atoms with Crippen LogP contribution < -0.4 is 5.32 Å². The van der Waals surface area contributed by atoms with Crippen molar-refractivity contribution in [3.63, 3.8) is 0 Å². The van der Waals surface area contributed by atoms with E-state index in [1.807, 2.05) is 13.8 Å². The summed E-state index contributed by atoms with van der Waals surface area (Å²) in [5.74, 6) is -0.181. The Bertz CT molecular complexity index is 589. The first kappa shape index (κ1) is 15.0. The van der Waals surface area contributed by atoms with Gasteiger partial charge in [0.1, 0.15) is 12.7 Å². The highest BCUT2D eigenvalue weighted by molar-refractivity contribution is 5.87. The second kappa shape index (κ2) is 6.83. The summed E-state index contributed by atoms with van der Waals surface area (Å²) in [5.41, 5.74) is 2.28. The molecule has 2 aromatic rings. The van der Waals surface area contributed by atoms with Crippen molar-refractivity contribution >= 4 is 5.91 Å². The van der Waals surface area contributed by atoms with E-state index in [-0.39, 0.29) is 18.0 Å². The monoisotopic (exact) mass is 284 g/mol. The molecule has 0 fully saturated rings. The lowest BCUT2D eigenvalue weighted by molar-refractivity contribution is -0.117. The minimum Gasteiger partial charge on any atom is -0.347 e. The van der Waals surface area contributed by atoms with Gasteiger partial charge in [-0.15, -0.1) is 0 Å². The van der Waals surface area contributed by atoms with Crippen LogP contribution in [0.4, 0.5) is 0 Å². The summed E-state index contributed by atoms with van der Waals surface area (Å²) < 4.78 is 1.78. The number of benzene rings is 1. The number of aryl methyl sites for hydroxylation is 1. The summed E-state index contributed by atoms with van der Waals surface area (Å²) in [6.07, 6.45) is 5.24. The molecule has 1 aromatic heterocycles. The molecule has 0 spiro atoms. The molecule has 1 heterocycles. The molecular weight excluding hydrogens is 264 g/mol. The number of nitrogens with one attached hydrogen (secondary N) is 1. The molecular formula is C16H20N4O. The van der Waals surface area contributed by atoms with Gasteiger partial charge in [0.15, 0.2) is 0 Å². The fraction of sp³-hybridized carbons (Fsp3) is 0.312. The Balaban J connectivity index is 2.37. The van der Waals surface area contributed by atoms with E-state index in [1.165, 1.54) is 18.0 Å². The number of amides is 1. The number of carbonyl (C=O) groups is 1. The van der Waals surface area contributed by atoms with Gasteiger partial charge >= 0.3 is 0 Å². The summed E-state index contributed by atoms with van der Waals surface area (Å²) in [5, 5.41) is 7.22. The Labute approximate surface area is 124 Å². The second-order valence-electron chi connectivity index (χ2n) is 4.96. The maximum absolute atomic E-state index is 11.7. The fourth-order valence-corrected chi connectivity index (χ4v) is 2.34. The first-order valence-corrected chi connectivity index (χ1v) is 6.99. The Morgan fingerprint density at radius 3 is 2.67 bits per heavy atom. The minimum atomic E-state index is -0.181. The lowest BCUT2D eigenvalue weighted by atomic mass is 9.96. The molecule has 0 bridgehead atoms. The van der Waals surface area contributed by atoms with Gasteiger partial charge in [-0.2, -0.15) is 5.10 Å². The van der Waals surface area contributed by atoms with E-state index >= 15 is 0 Å². The van der Waals surface area contributed by atoms with Crippen LogP contribution >= 0.6 is 0 Å². The van der Waals surface area contributed by atoms with Crippen LogP contribution in [0.1, 0.15) is 30.5 Å². The van der Waals surface area contributed by atoms with E-state index in [4.69, 9.17) is 0 Å². The zero-order valence-corrected chi connectivity index (χ0v) is 12.4. The molecule has 1 aromatic carbocycles. The zero-order valence-electron chi connectivity index (χ0n) is 12.4. The van der Waals surface area contributed by atoms with E-state index in [0.717, 1.165) is 12.0 Å². The second-order valence-corrected chi connectivity index (χ2v) is 4.96. The van der Waals surface area contributed by atoms with Crippen molar-refractivity contribution in [3.8, 4) is 0 Å². The van der Waals surface area contributed by atoms with Crippen LogP contribution in [0.2, 0.25) is 0 Å². The lowest BCUT2D eigenvalue weighted by Gasteiger charge is -2.27. The normalized spacial score (nSPS) is 13.4. The van der Waals surface area contributed by atoms with Gasteiger partial charge in [-0.1, -0.05) is 43.3 Å². The Morgan fingerprint density at radius 2 is 2.14 bits per heavy atom. The predicted molar refractivity (Wildman–Crippen MR) is 81.8 cm³/mol. The number of nitrogens with zero attached hydrogens (tertiary/aromatic N) is 3. The number of aromatic nitrogens is 3. The third-order valence-corrected chi connectivity index (χ3v) is 3.47. The first-order chi connectivity index (χ1) is 10.2. The maximum Gasteiger partial charge on any atom is 0.243 e. The van der Waals surface area contributed by atoms with E-state index in [2.05, 4.69) is 46.2 Å². The molecule has 0 saturated heterocycles. The summed E-state index contributed by atoms with van der Waals surface area (Å²) in [4.78, 5) is 15.7. The summed E-state index contributed by atoms with van der Waals surface area (Å²) in [6.45, 7) is 7.59. The van der Waals surface area contributed by atoms with Crippen molar-refractivity contribution in [2.75, 3.05) is 0 Å². The molecule has 0 aliphatic carbocycles. The van der Waals surface area contributed by atoms with Crippen LogP contribution in [-0.2, 0) is 4.79 Å². The SMILES string of the molecule is C=CC(=O)NC(CC)C(c1ccc(C)cc1)n1cncn1. The minimum absolute atomic E-state index is 0.0834. The molecule has 2 rings (SSSR count). The van der Waals surface area contributed by atoms with Crippen molar-refractivity contribution < 1.29 is 4.79 Å². The third kappa shape index (κ3) is 3.56. The van der Waals surface area contributed by atoms with Crippen LogP contribution in [0.25, 0.3) is 0 Å². The predicted octanol–water partition coefficient (Wildman–Crippen LogP) is 2.26. The molecule has 5 nitrogen and oxygen atoms in total. The van der Waals surface area contributed by atoms with Crippen molar-refractivity contribution in [3.05, 3.63) is 60.7 Å². The highest BCUT2D eigenvalue weighted by atomic mass is 16.1. The summed E-state index contributed by atoms with van der Waals surface area (Å²) >= 11 is 0. The summed E-state index contributed by atoms with van der Waals surface area (Å²) in [7, 11) is 0. The van der Waals surface area contributed by atoms with Crippen LogP contribution in [0, 0.1) is 6.92 Å². The van der Waals surface area contributed by atoms with Crippen molar-refractivity contribution in [1.29, 1.82) is 0 Å². The van der Waals surface area contributed by atoms with Gasteiger partial charge in [0.05, 0.1) is 12.1 Å². The Morgan fingerprint density at radius 1 is 1.43 bits per heavy atom. The van der Waals surface area contributed by atoms with Gasteiger partial charge in [-0.05, 0) is 25.0 Å². The molecule has 110 valence electrons. The number of rotatable bonds is 6. The Kier molecular flexibility index (Phi) is 4.87. The molecule has 0 saturated carbocycles. The first-order valence-electron chi connectivity index (χ1n) is 6.99. The highest BCUT2D eigenvalue weighted by Crippen LogP contribution is 2.23. The lowest BCUT2D eigenvalue weighted by Crippen LogP contribution is -2.40. The van der Waals surface area contributed by atoms with Crippen molar-refractivity contribution in [2.45, 2.75) is 32.4 Å². The molecule has 2 atom stereocenters. The van der Waals surface area contributed by atoms with Gasteiger partial charge in [-0.3, -0.25) is 4.79 Å². The third-order valence-electron chi connectivity index (χ3n) is 3.47. The van der Waals surface area contributed by atoms with Crippen LogP contribution in [0.3, 0.4) is 0 Å². The molecule has 5 heteroatoms. The van der Waals surface area contributed by atoms with E-state index in [1.54, 1.807) is 11.0 Å². The fourth-order valence-electron chi connectivity index (χ4n) is 2.34. The van der Waals surface area contributed by atoms with Gasteiger partial charge < -0.3 is 5.32 Å². The maximum atomic E-state index is 11.7. The average molecular weight is 284 g/mol. The molecule has 2 unspecified atom stereocenters. The van der Waals surface area contributed by atoms with Gasteiger partial charge in [0.2, 0.25) is 5.91 Å². The number of carbonyl (C=O) groups excluding carboxylic acids is 1. The highest BCUT2D eigenvalue weighted by Gasteiger charge is 2.25. The van der Waals surface area contributed by atoms with Crippen molar-refractivity contribution in [1.82, 2.24) is 20.1 Å². The van der Waals surface area contributed by atoms with E-state index < -0.39 is 0 Å². The Hall–Kier alpha value is -2.43. The molecule has 0 radical (unpaired) electrons. The average Bonchev–Trinajstić information content (AvgIpc) is 3.02. The number of hydrogen-bond donors (Lipinski definition) is 1. The van der Waals surface area contributed by atoms with Gasteiger partial charge in [-0.25, -0.2) is 9.67 Å². The standard InChI is InChI=1S/C16H20N4O/c1-4-14(19-15(21)5-2)16(20-11-17-10-18-20)13-8-6-12(3)7-9-13/h5-11,14,16H,2,4H2,1,3H3,(H,19,21). The van der Waals surface area contributed by atoms with Gasteiger partial charge in [0.25, 0.3) is 0 Å². The smallest absolute Gasteiger partial charge is 0.243 e. The van der Waals surface area contributed by atoms with E-state index in [0.29, 0.717) is 0 Å². The molecule has 0 aliphatic heterocycles. The quantitative estimate of drug-likeness (QED) is 0.828. The van der Waals surface area contributed by atoms with Crippen LogP contribution in [0.5, 0.6) is 0 Å². The topological polar surface area (TPSA) is 59.8 Å². The zero-order chi connectivity index (χ0) is 15.2. The molecule has 21 heavy (non-hydrogen) atoms. The van der Waals surface area contributed by atoms with Crippen LogP contribution in [0.15, 0.2) is 49.6 Å². The molecule has 1 amide bonds. The molecule has 1 N–H and O–H groups in total. The van der Waals surface area contributed by atoms with E-state index in [9.17, 15) is 4.79 Å². The van der Waals surface area contributed by atoms with Crippen molar-refractivity contribution in [2.24, 2.45) is 0 Å². The largest absolute Gasteiger partial charge is 0.347 e. The summed E-state index contributed by atoms with van der Waals surface area (Å²) in [6, 6.07) is 8.05.